The fraction of sp³-hybridized carbons (Fsp3) is 0.200. The summed E-state index contributed by atoms with van der Waals surface area (Å²) in [6, 6.07) is 11.7. The van der Waals surface area contributed by atoms with Crippen LogP contribution in [0, 0.1) is 5.82 Å². The van der Waals surface area contributed by atoms with Gasteiger partial charge in [-0.15, -0.1) is 0 Å². The van der Waals surface area contributed by atoms with Crippen LogP contribution in [0.2, 0.25) is 0 Å². The third-order valence-corrected chi connectivity index (χ3v) is 6.51. The molecule has 3 N–H and O–H groups in total. The number of fused-ring (bicyclic) bond motifs is 1. The van der Waals surface area contributed by atoms with Gasteiger partial charge in [0.25, 0.3) is 17.7 Å². The molecule has 14 heteroatoms. The van der Waals surface area contributed by atoms with Gasteiger partial charge < -0.3 is 16.0 Å². The van der Waals surface area contributed by atoms with Gasteiger partial charge in [-0.2, -0.15) is 18.3 Å². The number of aromatic nitrogens is 3. The lowest BCUT2D eigenvalue weighted by molar-refractivity contribution is -0.136. The van der Waals surface area contributed by atoms with E-state index in [4.69, 9.17) is 5.73 Å². The molecular formula is C25H18F6N6O2. The molecule has 8 nitrogen and oxygen atoms in total. The van der Waals surface area contributed by atoms with E-state index in [-0.39, 0.29) is 11.1 Å². The standard InChI is InChI=1S/C25H18F6N6O2/c26-16-8-6-15(7-9-16)22(39)36-11-23(24(27,28)12-36,35-21(38)14-4-2-1-3-5-14)18-10-17(25(29,30)31)19-20(32)33-13-34-37(18)19/h1-10,13H,11-12H2,(H,35,38)(H2,32,33,34)/t23-/m1/s1. The summed E-state index contributed by atoms with van der Waals surface area (Å²) < 4.78 is 88.2. The first kappa shape index (κ1) is 26.0. The lowest BCUT2D eigenvalue weighted by atomic mass is 9.89. The molecule has 0 saturated carbocycles. The van der Waals surface area contributed by atoms with E-state index >= 15 is 8.78 Å². The number of amides is 2. The van der Waals surface area contributed by atoms with E-state index in [9.17, 15) is 27.2 Å². The number of halogens is 6. The van der Waals surface area contributed by atoms with Gasteiger partial charge in [-0.25, -0.2) is 22.7 Å². The Hall–Kier alpha value is -4.62. The molecular weight excluding hydrogens is 530 g/mol. The van der Waals surface area contributed by atoms with Gasteiger partial charge in [-0.05, 0) is 42.5 Å². The average molecular weight is 548 g/mol. The number of rotatable bonds is 4. The first-order valence-electron chi connectivity index (χ1n) is 11.3. The van der Waals surface area contributed by atoms with Gasteiger partial charge in [0.05, 0.1) is 24.3 Å². The van der Waals surface area contributed by atoms with Crippen LogP contribution in [0.4, 0.5) is 32.2 Å². The van der Waals surface area contributed by atoms with Gasteiger partial charge in [-0.1, -0.05) is 18.2 Å². The maximum atomic E-state index is 16.1. The number of nitrogen functional groups attached to an aromatic ring is 1. The molecule has 0 bridgehead atoms. The highest BCUT2D eigenvalue weighted by Crippen LogP contribution is 2.47. The summed E-state index contributed by atoms with van der Waals surface area (Å²) >= 11 is 0. The van der Waals surface area contributed by atoms with Crippen molar-refractivity contribution >= 4 is 23.1 Å². The minimum Gasteiger partial charge on any atom is -0.382 e. The van der Waals surface area contributed by atoms with Crippen molar-refractivity contribution < 1.29 is 35.9 Å². The third-order valence-electron chi connectivity index (χ3n) is 6.51. The maximum absolute atomic E-state index is 16.1. The van der Waals surface area contributed by atoms with E-state index < -0.39 is 71.0 Å². The Balaban J connectivity index is 1.71. The number of nitrogens with one attached hydrogen (secondary N) is 1. The van der Waals surface area contributed by atoms with Crippen LogP contribution in [-0.2, 0) is 11.7 Å². The number of carbonyl (C=O) groups excluding carboxylic acids is 2. The maximum Gasteiger partial charge on any atom is 0.418 e. The number of nitrogens with two attached hydrogens (primary N) is 1. The molecule has 0 unspecified atom stereocenters. The molecule has 202 valence electrons. The Bertz CT molecular complexity index is 1570. The fourth-order valence-electron chi connectivity index (χ4n) is 4.66. The largest absolute Gasteiger partial charge is 0.418 e. The normalized spacial score (nSPS) is 18.9. The van der Waals surface area contributed by atoms with Crippen LogP contribution in [0.15, 0.2) is 67.0 Å². The monoisotopic (exact) mass is 548 g/mol. The molecule has 4 aromatic rings. The minimum absolute atomic E-state index is 0.0537. The highest BCUT2D eigenvalue weighted by molar-refractivity contribution is 5.96. The van der Waals surface area contributed by atoms with E-state index in [1.54, 1.807) is 6.07 Å². The molecule has 2 aromatic heterocycles. The first-order chi connectivity index (χ1) is 18.3. The summed E-state index contributed by atoms with van der Waals surface area (Å²) in [4.78, 5) is 30.5. The van der Waals surface area contributed by atoms with Crippen LogP contribution in [0.1, 0.15) is 32.0 Å². The number of alkyl halides is 5. The number of benzene rings is 2. The Morgan fingerprint density at radius 3 is 2.28 bits per heavy atom. The Labute approximate surface area is 216 Å². The zero-order chi connectivity index (χ0) is 28.2. The molecule has 0 spiro atoms. The summed E-state index contributed by atoms with van der Waals surface area (Å²) in [5, 5.41) is 5.95. The Morgan fingerprint density at radius 2 is 1.64 bits per heavy atom. The molecule has 1 aliphatic rings. The van der Waals surface area contributed by atoms with E-state index in [1.807, 2.05) is 0 Å². The van der Waals surface area contributed by atoms with Crippen LogP contribution in [0.25, 0.3) is 5.52 Å². The molecule has 1 fully saturated rings. The third kappa shape index (κ3) is 4.30. The van der Waals surface area contributed by atoms with Crippen LogP contribution >= 0.6 is 0 Å². The second-order valence-electron chi connectivity index (χ2n) is 8.94. The molecule has 1 atom stereocenters. The summed E-state index contributed by atoms with van der Waals surface area (Å²) in [5.41, 5.74) is -0.334. The van der Waals surface area contributed by atoms with Crippen LogP contribution in [-0.4, -0.2) is 50.3 Å². The van der Waals surface area contributed by atoms with Crippen molar-refractivity contribution in [3.05, 3.63) is 95.2 Å². The van der Waals surface area contributed by atoms with Gasteiger partial charge in [0.2, 0.25) is 0 Å². The molecule has 0 aliphatic carbocycles. The summed E-state index contributed by atoms with van der Waals surface area (Å²) in [6.45, 7) is -2.21. The van der Waals surface area contributed by atoms with Crippen molar-refractivity contribution in [2.75, 3.05) is 18.8 Å². The second-order valence-corrected chi connectivity index (χ2v) is 8.94. The van der Waals surface area contributed by atoms with Gasteiger partial charge >= 0.3 is 6.18 Å². The quantitative estimate of drug-likeness (QED) is 0.377. The molecule has 1 aliphatic heterocycles. The zero-order valence-electron chi connectivity index (χ0n) is 19.7. The van der Waals surface area contributed by atoms with Crippen LogP contribution in [0.3, 0.4) is 0 Å². The smallest absolute Gasteiger partial charge is 0.382 e. The first-order valence-corrected chi connectivity index (χ1v) is 11.3. The fourth-order valence-corrected chi connectivity index (χ4v) is 4.66. The van der Waals surface area contributed by atoms with Crippen molar-refractivity contribution in [1.29, 1.82) is 0 Å². The molecule has 3 heterocycles. The number of hydrogen-bond acceptors (Lipinski definition) is 5. The number of hydrogen-bond donors (Lipinski definition) is 2. The summed E-state index contributed by atoms with van der Waals surface area (Å²) in [5.74, 6) is -7.29. The number of nitrogens with zero attached hydrogens (tertiary/aromatic N) is 4. The second kappa shape index (κ2) is 8.99. The molecule has 0 radical (unpaired) electrons. The van der Waals surface area contributed by atoms with Gasteiger partial charge in [0, 0.05) is 11.1 Å². The molecule has 5 rings (SSSR count). The van der Waals surface area contributed by atoms with Gasteiger partial charge in [0.15, 0.2) is 11.4 Å². The number of likely N-dealkylation sites (tertiary alicyclic amines) is 1. The van der Waals surface area contributed by atoms with E-state index in [0.29, 0.717) is 15.5 Å². The SMILES string of the molecule is Nc1ncnn2c([C@]3(NC(=O)c4ccccc4)CN(C(=O)c4ccc(F)cc4)CC3(F)F)cc(C(F)(F)F)c12. The van der Waals surface area contributed by atoms with Crippen molar-refractivity contribution in [1.82, 2.24) is 24.8 Å². The van der Waals surface area contributed by atoms with E-state index in [2.05, 4.69) is 15.4 Å². The van der Waals surface area contributed by atoms with Crippen molar-refractivity contribution in [2.24, 2.45) is 0 Å². The van der Waals surface area contributed by atoms with Crippen molar-refractivity contribution in [2.45, 2.75) is 17.6 Å². The number of anilines is 1. The topological polar surface area (TPSA) is 106 Å². The van der Waals surface area contributed by atoms with Crippen LogP contribution in [0.5, 0.6) is 0 Å². The molecule has 2 amide bonds. The summed E-state index contributed by atoms with van der Waals surface area (Å²) in [6.07, 6.45) is -4.27. The number of carbonyl (C=O) groups is 2. The van der Waals surface area contributed by atoms with Crippen molar-refractivity contribution in [3.63, 3.8) is 0 Å². The predicted molar refractivity (Wildman–Crippen MR) is 125 cm³/mol. The highest BCUT2D eigenvalue weighted by atomic mass is 19.4. The minimum atomic E-state index is -5.05. The van der Waals surface area contributed by atoms with Crippen LogP contribution < -0.4 is 11.1 Å². The molecule has 1 saturated heterocycles. The summed E-state index contributed by atoms with van der Waals surface area (Å²) in [7, 11) is 0. The van der Waals surface area contributed by atoms with Gasteiger partial charge in [-0.3, -0.25) is 9.59 Å². The lowest BCUT2D eigenvalue weighted by Crippen LogP contribution is -2.58. The Kier molecular flexibility index (Phi) is 6.00. The van der Waals surface area contributed by atoms with E-state index in [0.717, 1.165) is 30.6 Å². The predicted octanol–water partition coefficient (Wildman–Crippen LogP) is 3.89. The lowest BCUT2D eigenvalue weighted by Gasteiger charge is -2.34. The van der Waals surface area contributed by atoms with Gasteiger partial charge in [0.1, 0.15) is 17.7 Å². The zero-order valence-corrected chi connectivity index (χ0v) is 19.7. The molecule has 2 aromatic carbocycles. The Morgan fingerprint density at radius 1 is 0.974 bits per heavy atom. The van der Waals surface area contributed by atoms with Crippen molar-refractivity contribution in [3.8, 4) is 0 Å². The highest BCUT2D eigenvalue weighted by Gasteiger charge is 2.65. The molecule has 39 heavy (non-hydrogen) atoms. The average Bonchev–Trinajstić information content (AvgIpc) is 3.41. The van der Waals surface area contributed by atoms with E-state index in [1.165, 1.54) is 24.3 Å².